The lowest BCUT2D eigenvalue weighted by atomic mass is 9.77. The maximum atomic E-state index is 12.9. The first-order valence-corrected chi connectivity index (χ1v) is 12.5. The number of carbonyl (C=O) groups is 2. The van der Waals surface area contributed by atoms with E-state index >= 15 is 0 Å². The summed E-state index contributed by atoms with van der Waals surface area (Å²) in [6.45, 7) is 2.89. The Balaban J connectivity index is 1.31. The zero-order chi connectivity index (χ0) is 25.7. The smallest absolute Gasteiger partial charge is 0.246 e. The van der Waals surface area contributed by atoms with Crippen molar-refractivity contribution in [3.8, 4) is 17.2 Å². The summed E-state index contributed by atoms with van der Waals surface area (Å²) in [6.07, 6.45) is 6.44. The number of ether oxygens (including phenoxy) is 3. The van der Waals surface area contributed by atoms with Crippen LogP contribution in [0.25, 0.3) is 6.08 Å². The summed E-state index contributed by atoms with van der Waals surface area (Å²) in [4.78, 5) is 29.6. The number of benzene rings is 2. The fraction of sp³-hybridized carbons (Fsp3) is 0.429. The van der Waals surface area contributed by atoms with Gasteiger partial charge in [-0.05, 0) is 66.1 Å². The number of rotatable bonds is 7. The number of nitrogens with zero attached hydrogens (tertiary/aromatic N) is 2. The van der Waals surface area contributed by atoms with Crippen LogP contribution in [-0.2, 0) is 16.0 Å². The minimum absolute atomic E-state index is 0.0331. The highest BCUT2D eigenvalue weighted by molar-refractivity contribution is 6.33. The van der Waals surface area contributed by atoms with Crippen molar-refractivity contribution >= 4 is 29.5 Å². The van der Waals surface area contributed by atoms with E-state index in [2.05, 4.69) is 0 Å². The molecule has 2 aromatic rings. The molecule has 0 atom stereocenters. The van der Waals surface area contributed by atoms with Crippen molar-refractivity contribution in [3.05, 3.63) is 58.6 Å². The molecule has 2 aliphatic rings. The molecule has 0 unspecified atom stereocenters. The average molecular weight is 513 g/mol. The molecule has 4 rings (SSSR count). The fourth-order valence-electron chi connectivity index (χ4n) is 5.13. The van der Waals surface area contributed by atoms with Gasteiger partial charge in [0.25, 0.3) is 0 Å². The molecule has 0 radical (unpaired) electrons. The van der Waals surface area contributed by atoms with Gasteiger partial charge in [0.1, 0.15) is 5.75 Å². The van der Waals surface area contributed by atoms with Crippen molar-refractivity contribution in [1.82, 2.24) is 9.80 Å². The van der Waals surface area contributed by atoms with E-state index in [4.69, 9.17) is 25.8 Å². The van der Waals surface area contributed by atoms with Crippen LogP contribution < -0.4 is 14.2 Å². The van der Waals surface area contributed by atoms with Gasteiger partial charge in [-0.3, -0.25) is 9.59 Å². The van der Waals surface area contributed by atoms with E-state index < -0.39 is 0 Å². The van der Waals surface area contributed by atoms with Crippen molar-refractivity contribution in [2.75, 3.05) is 47.5 Å². The Hall–Kier alpha value is -3.19. The van der Waals surface area contributed by atoms with Crippen LogP contribution in [0.1, 0.15) is 30.4 Å². The topological polar surface area (TPSA) is 68.3 Å². The second kappa shape index (κ2) is 11.2. The van der Waals surface area contributed by atoms with E-state index in [1.807, 2.05) is 34.1 Å². The van der Waals surface area contributed by atoms with Crippen LogP contribution >= 0.6 is 11.6 Å². The first-order valence-electron chi connectivity index (χ1n) is 12.2. The van der Waals surface area contributed by atoms with Gasteiger partial charge in [-0.2, -0.15) is 0 Å². The minimum atomic E-state index is -0.0331. The predicted octanol–water partition coefficient (Wildman–Crippen LogP) is 4.46. The molecule has 2 fully saturated rings. The molecule has 0 aromatic heterocycles. The molecule has 2 saturated heterocycles. The second-order valence-corrected chi connectivity index (χ2v) is 9.83. The molecule has 36 heavy (non-hydrogen) atoms. The first kappa shape index (κ1) is 25.9. The van der Waals surface area contributed by atoms with Gasteiger partial charge in [-0.25, -0.2) is 0 Å². The summed E-state index contributed by atoms with van der Waals surface area (Å²) in [7, 11) is 4.71. The molecule has 7 nitrogen and oxygen atoms in total. The fourth-order valence-corrected chi connectivity index (χ4v) is 5.43. The van der Waals surface area contributed by atoms with Crippen molar-refractivity contribution in [2.45, 2.75) is 25.7 Å². The van der Waals surface area contributed by atoms with E-state index in [-0.39, 0.29) is 17.2 Å². The van der Waals surface area contributed by atoms with Crippen LogP contribution in [0.4, 0.5) is 0 Å². The lowest BCUT2D eigenvalue weighted by molar-refractivity contribution is -0.133. The van der Waals surface area contributed by atoms with Crippen molar-refractivity contribution in [2.24, 2.45) is 5.41 Å². The van der Waals surface area contributed by atoms with Gasteiger partial charge in [0.2, 0.25) is 11.8 Å². The van der Waals surface area contributed by atoms with Crippen molar-refractivity contribution in [1.29, 1.82) is 0 Å². The Morgan fingerprint density at radius 1 is 0.972 bits per heavy atom. The minimum Gasteiger partial charge on any atom is -0.497 e. The van der Waals surface area contributed by atoms with Gasteiger partial charge in [0.15, 0.2) is 11.5 Å². The molecule has 2 aromatic carbocycles. The van der Waals surface area contributed by atoms with Crippen LogP contribution in [-0.4, -0.2) is 69.1 Å². The standard InChI is InChI=1S/C28H33ClN2O5/c1-34-22-6-4-5-20(17-22)18-25(33)30-14-11-28(12-15-30)13-16-31(19-28)24(32)10-8-21-7-9-23(35-2)27(36-3)26(21)29/h4-10,17H,11-16,18-19H2,1-3H3. The predicted molar refractivity (Wildman–Crippen MR) is 140 cm³/mol. The molecular formula is C28H33ClN2O5. The molecule has 0 bridgehead atoms. The molecule has 192 valence electrons. The number of methoxy groups -OCH3 is 3. The molecule has 0 saturated carbocycles. The van der Waals surface area contributed by atoms with Gasteiger partial charge >= 0.3 is 0 Å². The van der Waals surface area contributed by atoms with E-state index in [0.717, 1.165) is 50.2 Å². The highest BCUT2D eigenvalue weighted by Gasteiger charge is 2.42. The summed E-state index contributed by atoms with van der Waals surface area (Å²) < 4.78 is 15.9. The Kier molecular flexibility index (Phi) is 8.09. The Bertz CT molecular complexity index is 1140. The molecule has 1 spiro atoms. The van der Waals surface area contributed by atoms with Gasteiger partial charge in [-0.1, -0.05) is 23.7 Å². The van der Waals surface area contributed by atoms with Gasteiger partial charge in [-0.15, -0.1) is 0 Å². The monoisotopic (exact) mass is 512 g/mol. The summed E-state index contributed by atoms with van der Waals surface area (Å²) >= 11 is 6.44. The third kappa shape index (κ3) is 5.62. The summed E-state index contributed by atoms with van der Waals surface area (Å²) in [6, 6.07) is 11.2. The number of likely N-dealkylation sites (tertiary alicyclic amines) is 2. The quantitative estimate of drug-likeness (QED) is 0.512. The largest absolute Gasteiger partial charge is 0.497 e. The molecule has 2 amide bonds. The molecule has 2 aliphatic heterocycles. The first-order chi connectivity index (χ1) is 17.4. The third-order valence-electron chi connectivity index (χ3n) is 7.34. The Morgan fingerprint density at radius 2 is 1.69 bits per heavy atom. The molecule has 0 N–H and O–H groups in total. The number of carbonyl (C=O) groups excluding carboxylic acids is 2. The maximum Gasteiger partial charge on any atom is 0.246 e. The van der Waals surface area contributed by atoms with E-state index in [0.29, 0.717) is 35.1 Å². The summed E-state index contributed by atoms with van der Waals surface area (Å²) in [5.74, 6) is 1.85. The van der Waals surface area contributed by atoms with Crippen LogP contribution in [0.15, 0.2) is 42.5 Å². The number of hydrogen-bond acceptors (Lipinski definition) is 5. The number of hydrogen-bond donors (Lipinski definition) is 0. The average Bonchev–Trinajstić information content (AvgIpc) is 3.31. The normalized spacial score (nSPS) is 17.0. The van der Waals surface area contributed by atoms with Crippen molar-refractivity contribution in [3.63, 3.8) is 0 Å². The van der Waals surface area contributed by atoms with Crippen LogP contribution in [0.3, 0.4) is 0 Å². The molecule has 8 heteroatoms. The van der Waals surface area contributed by atoms with Crippen LogP contribution in [0.2, 0.25) is 5.02 Å². The number of amides is 2. The van der Waals surface area contributed by atoms with Gasteiger partial charge in [0.05, 0.1) is 32.8 Å². The van der Waals surface area contributed by atoms with Gasteiger partial charge in [0, 0.05) is 32.3 Å². The molecule has 2 heterocycles. The van der Waals surface area contributed by atoms with Crippen LogP contribution in [0, 0.1) is 5.41 Å². The Morgan fingerprint density at radius 3 is 2.36 bits per heavy atom. The zero-order valence-corrected chi connectivity index (χ0v) is 21.8. The summed E-state index contributed by atoms with van der Waals surface area (Å²) in [5.41, 5.74) is 1.73. The number of piperidine rings is 1. The van der Waals surface area contributed by atoms with Crippen LogP contribution in [0.5, 0.6) is 17.2 Å². The molecular weight excluding hydrogens is 480 g/mol. The van der Waals surface area contributed by atoms with E-state index in [9.17, 15) is 9.59 Å². The summed E-state index contributed by atoms with van der Waals surface area (Å²) in [5, 5.41) is 0.407. The lowest BCUT2D eigenvalue weighted by Crippen LogP contribution is -2.45. The van der Waals surface area contributed by atoms with Gasteiger partial charge < -0.3 is 24.0 Å². The van der Waals surface area contributed by atoms with E-state index in [1.165, 1.54) is 7.11 Å². The van der Waals surface area contributed by atoms with E-state index in [1.54, 1.807) is 38.5 Å². The highest BCUT2D eigenvalue weighted by atomic mass is 35.5. The Labute approximate surface area is 217 Å². The highest BCUT2D eigenvalue weighted by Crippen LogP contribution is 2.41. The number of halogens is 1. The zero-order valence-electron chi connectivity index (χ0n) is 21.1. The SMILES string of the molecule is COc1cccc(CC(=O)N2CCC3(CCN(C(=O)C=Cc4ccc(OC)c(OC)c4Cl)C3)CC2)c1. The molecule has 0 aliphatic carbocycles. The maximum absolute atomic E-state index is 12.9. The lowest BCUT2D eigenvalue weighted by Gasteiger charge is -2.39. The second-order valence-electron chi connectivity index (χ2n) is 9.46. The van der Waals surface area contributed by atoms with Crippen molar-refractivity contribution < 1.29 is 23.8 Å². The third-order valence-corrected chi connectivity index (χ3v) is 7.73.